The molecule has 4 nitrogen and oxygen atoms in total. The molecule has 0 aliphatic heterocycles. The van der Waals surface area contributed by atoms with Crippen molar-refractivity contribution in [2.24, 2.45) is 0 Å². The zero-order valence-corrected chi connectivity index (χ0v) is 10.8. The zero-order chi connectivity index (χ0) is 13.0. The molecule has 0 saturated heterocycles. The van der Waals surface area contributed by atoms with Gasteiger partial charge in [-0.05, 0) is 44.9 Å². The van der Waals surface area contributed by atoms with Gasteiger partial charge in [-0.25, -0.2) is 0 Å². The summed E-state index contributed by atoms with van der Waals surface area (Å²) in [6.45, 7) is 7.69. The number of carbonyl (C=O) groups excluding carboxylic acids is 1. The monoisotopic (exact) mass is 236 g/mol. The van der Waals surface area contributed by atoms with Gasteiger partial charge in [0.1, 0.15) is 5.75 Å². The first-order chi connectivity index (χ1) is 7.90. The topological polar surface area (TPSA) is 64.3 Å². The van der Waals surface area contributed by atoms with E-state index in [1.165, 1.54) is 0 Å². The SMILES string of the molecule is Cc1cc(C)c(OCC(=O)NC(C)C)c(N)c1. The van der Waals surface area contributed by atoms with Crippen LogP contribution in [0.3, 0.4) is 0 Å². The van der Waals surface area contributed by atoms with Crippen molar-refractivity contribution in [2.75, 3.05) is 12.3 Å². The van der Waals surface area contributed by atoms with E-state index >= 15 is 0 Å². The lowest BCUT2D eigenvalue weighted by molar-refractivity contribution is -0.123. The average molecular weight is 236 g/mol. The molecule has 0 saturated carbocycles. The lowest BCUT2D eigenvalue weighted by atomic mass is 10.1. The van der Waals surface area contributed by atoms with Crippen molar-refractivity contribution >= 4 is 11.6 Å². The van der Waals surface area contributed by atoms with Gasteiger partial charge in [-0.2, -0.15) is 0 Å². The van der Waals surface area contributed by atoms with Crippen LogP contribution < -0.4 is 15.8 Å². The average Bonchev–Trinajstić information content (AvgIpc) is 2.14. The van der Waals surface area contributed by atoms with Crippen LogP contribution in [0.5, 0.6) is 5.75 Å². The Morgan fingerprint density at radius 3 is 2.59 bits per heavy atom. The summed E-state index contributed by atoms with van der Waals surface area (Å²) >= 11 is 0. The van der Waals surface area contributed by atoms with Crippen molar-refractivity contribution in [2.45, 2.75) is 33.7 Å². The third kappa shape index (κ3) is 3.98. The molecule has 3 N–H and O–H groups in total. The molecular weight excluding hydrogens is 216 g/mol. The van der Waals surface area contributed by atoms with E-state index in [0.717, 1.165) is 11.1 Å². The van der Waals surface area contributed by atoms with Crippen LogP contribution in [0.25, 0.3) is 0 Å². The molecule has 0 bridgehead atoms. The van der Waals surface area contributed by atoms with Crippen LogP contribution >= 0.6 is 0 Å². The summed E-state index contributed by atoms with van der Waals surface area (Å²) in [5.41, 5.74) is 8.45. The molecule has 4 heteroatoms. The first-order valence-electron chi connectivity index (χ1n) is 5.69. The molecule has 0 radical (unpaired) electrons. The number of nitrogens with one attached hydrogen (secondary N) is 1. The van der Waals surface area contributed by atoms with E-state index < -0.39 is 0 Å². The fraction of sp³-hybridized carbons (Fsp3) is 0.462. The summed E-state index contributed by atoms with van der Waals surface area (Å²) in [6.07, 6.45) is 0. The molecule has 17 heavy (non-hydrogen) atoms. The van der Waals surface area contributed by atoms with Crippen LogP contribution in [-0.4, -0.2) is 18.6 Å². The summed E-state index contributed by atoms with van der Waals surface area (Å²) in [6, 6.07) is 3.93. The summed E-state index contributed by atoms with van der Waals surface area (Å²) < 4.78 is 5.45. The lowest BCUT2D eigenvalue weighted by Crippen LogP contribution is -2.34. The highest BCUT2D eigenvalue weighted by atomic mass is 16.5. The third-order valence-corrected chi connectivity index (χ3v) is 2.24. The molecule has 0 aliphatic rings. The van der Waals surface area contributed by atoms with Crippen molar-refractivity contribution in [1.29, 1.82) is 0 Å². The molecule has 94 valence electrons. The van der Waals surface area contributed by atoms with Gasteiger partial charge in [0, 0.05) is 6.04 Å². The van der Waals surface area contributed by atoms with Gasteiger partial charge < -0.3 is 15.8 Å². The van der Waals surface area contributed by atoms with E-state index in [2.05, 4.69) is 5.32 Å². The molecule has 0 fully saturated rings. The van der Waals surface area contributed by atoms with Crippen LogP contribution in [0.1, 0.15) is 25.0 Å². The van der Waals surface area contributed by atoms with E-state index in [-0.39, 0.29) is 18.6 Å². The Morgan fingerprint density at radius 2 is 2.06 bits per heavy atom. The minimum atomic E-state index is -0.139. The fourth-order valence-electron chi connectivity index (χ4n) is 1.69. The van der Waals surface area contributed by atoms with Gasteiger partial charge in [0.05, 0.1) is 5.69 Å². The fourth-order valence-corrected chi connectivity index (χ4v) is 1.69. The Balaban J connectivity index is 2.67. The van der Waals surface area contributed by atoms with Crippen LogP contribution in [-0.2, 0) is 4.79 Å². The van der Waals surface area contributed by atoms with E-state index in [1.807, 2.05) is 39.8 Å². The van der Waals surface area contributed by atoms with Crippen molar-refractivity contribution in [3.8, 4) is 5.75 Å². The number of hydrogen-bond acceptors (Lipinski definition) is 3. The number of nitrogen functional groups attached to an aromatic ring is 1. The summed E-state index contributed by atoms with van der Waals surface area (Å²) in [7, 11) is 0. The predicted octanol–water partition coefficient (Wildman–Crippen LogP) is 1.79. The molecule has 0 heterocycles. The van der Waals surface area contributed by atoms with E-state index in [1.54, 1.807) is 0 Å². The second-order valence-corrected chi connectivity index (χ2v) is 4.51. The van der Waals surface area contributed by atoms with E-state index in [9.17, 15) is 4.79 Å². The van der Waals surface area contributed by atoms with Crippen molar-refractivity contribution in [1.82, 2.24) is 5.32 Å². The van der Waals surface area contributed by atoms with Gasteiger partial charge in [0.2, 0.25) is 0 Å². The molecule has 0 unspecified atom stereocenters. The Morgan fingerprint density at radius 1 is 1.41 bits per heavy atom. The number of amides is 1. The Bertz CT molecular complexity index is 391. The first kappa shape index (κ1) is 13.4. The number of aryl methyl sites for hydroxylation is 2. The second kappa shape index (κ2) is 5.57. The maximum atomic E-state index is 11.4. The molecule has 0 aliphatic carbocycles. The van der Waals surface area contributed by atoms with Gasteiger partial charge in [-0.3, -0.25) is 4.79 Å². The minimum Gasteiger partial charge on any atom is -0.481 e. The molecule has 0 aromatic heterocycles. The quantitative estimate of drug-likeness (QED) is 0.783. The van der Waals surface area contributed by atoms with Gasteiger partial charge >= 0.3 is 0 Å². The van der Waals surface area contributed by atoms with Gasteiger partial charge in [0.25, 0.3) is 5.91 Å². The van der Waals surface area contributed by atoms with Crippen LogP contribution in [0.15, 0.2) is 12.1 Å². The summed E-state index contributed by atoms with van der Waals surface area (Å²) in [5.74, 6) is 0.453. The lowest BCUT2D eigenvalue weighted by Gasteiger charge is -2.13. The van der Waals surface area contributed by atoms with Crippen molar-refractivity contribution in [3.63, 3.8) is 0 Å². The molecule has 1 aromatic carbocycles. The number of carbonyl (C=O) groups is 1. The van der Waals surface area contributed by atoms with Crippen LogP contribution in [0.4, 0.5) is 5.69 Å². The highest BCUT2D eigenvalue weighted by Crippen LogP contribution is 2.27. The normalized spacial score (nSPS) is 10.4. The Labute approximate surface area is 102 Å². The second-order valence-electron chi connectivity index (χ2n) is 4.51. The Kier molecular flexibility index (Phi) is 4.37. The molecular formula is C13H20N2O2. The highest BCUT2D eigenvalue weighted by molar-refractivity contribution is 5.78. The number of rotatable bonds is 4. The van der Waals surface area contributed by atoms with Crippen molar-refractivity contribution in [3.05, 3.63) is 23.3 Å². The number of nitrogens with two attached hydrogens (primary N) is 1. The van der Waals surface area contributed by atoms with Crippen LogP contribution in [0.2, 0.25) is 0 Å². The molecule has 1 amide bonds. The van der Waals surface area contributed by atoms with Gasteiger partial charge in [-0.15, -0.1) is 0 Å². The zero-order valence-electron chi connectivity index (χ0n) is 10.8. The number of ether oxygens (including phenoxy) is 1. The summed E-state index contributed by atoms with van der Waals surface area (Å²) in [5, 5.41) is 2.76. The molecule has 0 spiro atoms. The first-order valence-corrected chi connectivity index (χ1v) is 5.69. The standard InChI is InChI=1S/C13H20N2O2/c1-8(2)15-12(16)7-17-13-10(4)5-9(3)6-11(13)14/h5-6,8H,7,14H2,1-4H3,(H,15,16). The van der Waals surface area contributed by atoms with Gasteiger partial charge in [0.15, 0.2) is 6.61 Å². The maximum Gasteiger partial charge on any atom is 0.258 e. The Hall–Kier alpha value is -1.71. The van der Waals surface area contributed by atoms with E-state index in [0.29, 0.717) is 11.4 Å². The molecule has 0 atom stereocenters. The number of benzene rings is 1. The van der Waals surface area contributed by atoms with E-state index in [4.69, 9.17) is 10.5 Å². The smallest absolute Gasteiger partial charge is 0.258 e. The summed E-state index contributed by atoms with van der Waals surface area (Å²) in [4.78, 5) is 11.4. The largest absolute Gasteiger partial charge is 0.481 e. The predicted molar refractivity (Wildman–Crippen MR) is 69.1 cm³/mol. The third-order valence-electron chi connectivity index (χ3n) is 2.24. The minimum absolute atomic E-state index is 0.00766. The van der Waals surface area contributed by atoms with Crippen molar-refractivity contribution < 1.29 is 9.53 Å². The number of hydrogen-bond donors (Lipinski definition) is 2. The van der Waals surface area contributed by atoms with Crippen LogP contribution in [0, 0.1) is 13.8 Å². The number of anilines is 1. The molecule has 1 rings (SSSR count). The highest BCUT2D eigenvalue weighted by Gasteiger charge is 2.09. The molecule has 1 aromatic rings. The van der Waals surface area contributed by atoms with Gasteiger partial charge in [-0.1, -0.05) is 6.07 Å². The maximum absolute atomic E-state index is 11.4.